The smallest absolute Gasteiger partial charge is 0.337 e. The maximum atomic E-state index is 13.1. The predicted molar refractivity (Wildman–Crippen MR) is 95.5 cm³/mol. The van der Waals surface area contributed by atoms with Gasteiger partial charge < -0.3 is 14.4 Å². The average Bonchev–Trinajstić information content (AvgIpc) is 2.67. The van der Waals surface area contributed by atoms with Crippen molar-refractivity contribution in [2.75, 3.05) is 25.7 Å². The summed E-state index contributed by atoms with van der Waals surface area (Å²) in [6, 6.07) is 10.5. The number of aryl methyl sites for hydroxylation is 1. The molecule has 5 heteroatoms. The molecule has 0 unspecified atom stereocenters. The Morgan fingerprint density at radius 1 is 1.08 bits per heavy atom. The molecule has 0 saturated heterocycles. The Kier molecular flexibility index (Phi) is 4.74. The first kappa shape index (κ1) is 17.0. The predicted octanol–water partition coefficient (Wildman–Crippen LogP) is 3.38. The van der Waals surface area contributed by atoms with E-state index in [0.29, 0.717) is 23.4 Å². The zero-order valence-electron chi connectivity index (χ0n) is 14.7. The Bertz CT molecular complexity index is 828. The van der Waals surface area contributed by atoms with Crippen LogP contribution in [-0.4, -0.2) is 32.6 Å². The molecule has 0 saturated carbocycles. The zero-order chi connectivity index (χ0) is 18.0. The van der Waals surface area contributed by atoms with Gasteiger partial charge in [0.15, 0.2) is 0 Å². The quantitative estimate of drug-likeness (QED) is 0.805. The van der Waals surface area contributed by atoms with Crippen molar-refractivity contribution in [1.29, 1.82) is 0 Å². The summed E-state index contributed by atoms with van der Waals surface area (Å²) in [5.74, 6) is 0.0931. The number of methoxy groups -OCH3 is 2. The fourth-order valence-electron chi connectivity index (χ4n) is 3.27. The van der Waals surface area contributed by atoms with E-state index >= 15 is 0 Å². The van der Waals surface area contributed by atoms with Crippen LogP contribution in [-0.2, 0) is 11.2 Å². The monoisotopic (exact) mass is 339 g/mol. The lowest BCUT2D eigenvalue weighted by Gasteiger charge is -2.32. The topological polar surface area (TPSA) is 55.8 Å². The molecule has 0 aliphatic carbocycles. The molecule has 1 aliphatic rings. The van der Waals surface area contributed by atoms with Crippen LogP contribution in [0.1, 0.15) is 38.3 Å². The van der Waals surface area contributed by atoms with Gasteiger partial charge in [0.05, 0.1) is 25.5 Å². The second kappa shape index (κ2) is 6.97. The van der Waals surface area contributed by atoms with Crippen LogP contribution in [0.15, 0.2) is 36.4 Å². The summed E-state index contributed by atoms with van der Waals surface area (Å²) in [6.07, 6.45) is 1.81. The number of benzene rings is 2. The molecular formula is C20H21NO4. The van der Waals surface area contributed by atoms with Crippen LogP contribution in [0.2, 0.25) is 0 Å². The molecule has 0 radical (unpaired) electrons. The van der Waals surface area contributed by atoms with Crippen molar-refractivity contribution in [3.05, 3.63) is 58.7 Å². The third-order valence-electron chi connectivity index (χ3n) is 4.55. The van der Waals surface area contributed by atoms with E-state index in [1.54, 1.807) is 36.3 Å². The lowest BCUT2D eigenvalue weighted by atomic mass is 9.95. The number of hydrogen-bond acceptors (Lipinski definition) is 4. The fraction of sp³-hybridized carbons (Fsp3) is 0.300. The molecule has 130 valence electrons. The van der Waals surface area contributed by atoms with Gasteiger partial charge in [0.2, 0.25) is 0 Å². The summed E-state index contributed by atoms with van der Waals surface area (Å²) in [5, 5.41) is 0. The van der Waals surface area contributed by atoms with Gasteiger partial charge in [0.1, 0.15) is 5.75 Å². The minimum Gasteiger partial charge on any atom is -0.495 e. The number of esters is 1. The van der Waals surface area contributed by atoms with Crippen LogP contribution in [0.5, 0.6) is 5.75 Å². The molecule has 3 rings (SSSR count). The summed E-state index contributed by atoms with van der Waals surface area (Å²) in [7, 11) is 2.94. The molecule has 0 aromatic heterocycles. The van der Waals surface area contributed by atoms with Crippen molar-refractivity contribution >= 4 is 17.6 Å². The van der Waals surface area contributed by atoms with Crippen LogP contribution in [0, 0.1) is 6.92 Å². The first-order chi connectivity index (χ1) is 12.1. The number of nitrogens with zero attached hydrogens (tertiary/aromatic N) is 1. The first-order valence-electron chi connectivity index (χ1n) is 8.23. The lowest BCUT2D eigenvalue weighted by Crippen LogP contribution is -2.36. The van der Waals surface area contributed by atoms with Gasteiger partial charge in [0, 0.05) is 12.1 Å². The molecule has 2 aromatic rings. The van der Waals surface area contributed by atoms with Gasteiger partial charge in [-0.15, -0.1) is 0 Å². The molecule has 0 spiro atoms. The molecule has 0 bridgehead atoms. The molecular weight excluding hydrogens is 318 g/mol. The average molecular weight is 339 g/mol. The first-order valence-corrected chi connectivity index (χ1v) is 8.23. The minimum absolute atomic E-state index is 0.143. The van der Waals surface area contributed by atoms with Crippen molar-refractivity contribution in [3.8, 4) is 5.75 Å². The highest BCUT2D eigenvalue weighted by Crippen LogP contribution is 2.38. The fourth-order valence-corrected chi connectivity index (χ4v) is 3.27. The van der Waals surface area contributed by atoms with Crippen molar-refractivity contribution in [2.45, 2.75) is 19.8 Å². The number of carbonyl (C=O) groups excluding carboxylic acids is 2. The minimum atomic E-state index is -0.456. The van der Waals surface area contributed by atoms with E-state index in [1.165, 1.54) is 7.11 Å². The van der Waals surface area contributed by atoms with Crippen molar-refractivity contribution in [1.82, 2.24) is 0 Å². The number of ether oxygens (including phenoxy) is 2. The molecule has 2 aromatic carbocycles. The Labute approximate surface area is 147 Å². The van der Waals surface area contributed by atoms with Crippen LogP contribution in [0.4, 0.5) is 5.69 Å². The van der Waals surface area contributed by atoms with Crippen molar-refractivity contribution < 1.29 is 19.1 Å². The van der Waals surface area contributed by atoms with Gasteiger partial charge in [-0.25, -0.2) is 4.79 Å². The maximum absolute atomic E-state index is 13.1. The number of anilines is 1. The highest BCUT2D eigenvalue weighted by atomic mass is 16.5. The SMILES string of the molecule is COC(=O)c1cccc(C(=O)N2CCCc3c(C)ccc(OC)c32)c1. The number of amides is 1. The summed E-state index contributed by atoms with van der Waals surface area (Å²) in [4.78, 5) is 26.6. The second-order valence-corrected chi connectivity index (χ2v) is 6.04. The van der Waals surface area contributed by atoms with Crippen LogP contribution in [0.25, 0.3) is 0 Å². The van der Waals surface area contributed by atoms with Crippen molar-refractivity contribution in [2.24, 2.45) is 0 Å². The van der Waals surface area contributed by atoms with E-state index in [0.717, 1.165) is 29.7 Å². The van der Waals surface area contributed by atoms with Gasteiger partial charge in [-0.3, -0.25) is 4.79 Å². The summed E-state index contributed by atoms with van der Waals surface area (Å²) in [5.41, 5.74) is 3.95. The molecule has 1 heterocycles. The van der Waals surface area contributed by atoms with Gasteiger partial charge in [-0.2, -0.15) is 0 Å². The highest BCUT2D eigenvalue weighted by molar-refractivity contribution is 6.08. The Balaban J connectivity index is 2.03. The normalized spacial score (nSPS) is 13.2. The molecule has 0 fully saturated rings. The van der Waals surface area contributed by atoms with Gasteiger partial charge in [-0.1, -0.05) is 12.1 Å². The van der Waals surface area contributed by atoms with E-state index in [-0.39, 0.29) is 5.91 Å². The third-order valence-corrected chi connectivity index (χ3v) is 4.55. The van der Waals surface area contributed by atoms with E-state index in [2.05, 4.69) is 0 Å². The van der Waals surface area contributed by atoms with Gasteiger partial charge in [-0.05, 0) is 55.2 Å². The summed E-state index contributed by atoms with van der Waals surface area (Å²) >= 11 is 0. The van der Waals surface area contributed by atoms with Crippen LogP contribution < -0.4 is 9.64 Å². The molecule has 1 aliphatic heterocycles. The van der Waals surface area contributed by atoms with Gasteiger partial charge in [0.25, 0.3) is 5.91 Å². The number of hydrogen-bond donors (Lipinski definition) is 0. The van der Waals surface area contributed by atoms with Gasteiger partial charge >= 0.3 is 5.97 Å². The zero-order valence-corrected chi connectivity index (χ0v) is 14.7. The second-order valence-electron chi connectivity index (χ2n) is 6.04. The Hall–Kier alpha value is -2.82. The molecule has 25 heavy (non-hydrogen) atoms. The largest absolute Gasteiger partial charge is 0.495 e. The summed E-state index contributed by atoms with van der Waals surface area (Å²) in [6.45, 7) is 2.66. The van der Waals surface area contributed by atoms with Crippen LogP contribution in [0.3, 0.4) is 0 Å². The number of fused-ring (bicyclic) bond motifs is 1. The molecule has 5 nitrogen and oxygen atoms in total. The maximum Gasteiger partial charge on any atom is 0.337 e. The van der Waals surface area contributed by atoms with Crippen molar-refractivity contribution in [3.63, 3.8) is 0 Å². The van der Waals surface area contributed by atoms with Crippen LogP contribution >= 0.6 is 0 Å². The summed E-state index contributed by atoms with van der Waals surface area (Å²) < 4.78 is 10.2. The van der Waals surface area contributed by atoms with E-state index < -0.39 is 5.97 Å². The standard InChI is InChI=1S/C20H21NO4/c1-13-9-10-17(24-2)18-16(13)8-5-11-21(18)19(22)14-6-4-7-15(12-14)20(23)25-3/h4,6-7,9-10,12H,5,8,11H2,1-3H3. The van der Waals surface area contributed by atoms with E-state index in [9.17, 15) is 9.59 Å². The highest BCUT2D eigenvalue weighted by Gasteiger charge is 2.28. The van der Waals surface area contributed by atoms with E-state index in [4.69, 9.17) is 9.47 Å². The Morgan fingerprint density at radius 3 is 2.56 bits per heavy atom. The molecule has 0 N–H and O–H groups in total. The third kappa shape index (κ3) is 3.09. The molecule has 1 amide bonds. The number of carbonyl (C=O) groups is 2. The van der Waals surface area contributed by atoms with E-state index in [1.807, 2.05) is 19.1 Å². The Morgan fingerprint density at radius 2 is 1.84 bits per heavy atom. The molecule has 0 atom stereocenters. The lowest BCUT2D eigenvalue weighted by molar-refractivity contribution is 0.0600. The number of rotatable bonds is 3.